The topological polar surface area (TPSA) is 68.0 Å². The Morgan fingerprint density at radius 2 is 2.10 bits per heavy atom. The van der Waals surface area contributed by atoms with Crippen LogP contribution in [0, 0.1) is 0 Å². The summed E-state index contributed by atoms with van der Waals surface area (Å²) in [6.45, 7) is 4.04. The number of benzene rings is 1. The predicted molar refractivity (Wildman–Crippen MR) is 83.0 cm³/mol. The Morgan fingerprint density at radius 1 is 1.38 bits per heavy atom. The van der Waals surface area contributed by atoms with Crippen molar-refractivity contribution >= 4 is 29.3 Å². The fourth-order valence-electron chi connectivity index (χ4n) is 1.98. The van der Waals surface area contributed by atoms with Gasteiger partial charge in [-0.1, -0.05) is 41.6 Å². The maximum absolute atomic E-state index is 10.7. The highest BCUT2D eigenvalue weighted by Gasteiger charge is 2.17. The van der Waals surface area contributed by atoms with E-state index in [1.807, 2.05) is 42.7 Å². The summed E-state index contributed by atoms with van der Waals surface area (Å²) >= 11 is 7.35. The molecule has 0 aliphatic heterocycles. The molecule has 21 heavy (non-hydrogen) atoms. The monoisotopic (exact) mass is 325 g/mol. The smallest absolute Gasteiger partial charge is 0.313 e. The summed E-state index contributed by atoms with van der Waals surface area (Å²) in [4.78, 5) is 10.7. The van der Waals surface area contributed by atoms with E-state index in [2.05, 4.69) is 10.2 Å². The van der Waals surface area contributed by atoms with Crippen LogP contribution in [-0.4, -0.2) is 31.6 Å². The maximum Gasteiger partial charge on any atom is 0.313 e. The summed E-state index contributed by atoms with van der Waals surface area (Å²) in [5, 5.41) is 18.4. The van der Waals surface area contributed by atoms with E-state index in [1.165, 1.54) is 11.8 Å². The Morgan fingerprint density at radius 3 is 2.71 bits per heavy atom. The van der Waals surface area contributed by atoms with Gasteiger partial charge in [-0.05, 0) is 25.5 Å². The largest absolute Gasteiger partial charge is 0.481 e. The third kappa shape index (κ3) is 3.98. The minimum Gasteiger partial charge on any atom is -0.481 e. The van der Waals surface area contributed by atoms with Gasteiger partial charge in [0, 0.05) is 17.5 Å². The summed E-state index contributed by atoms with van der Waals surface area (Å²) in [6.07, 6.45) is 0.568. The second-order valence-corrected chi connectivity index (χ2v) is 6.16. The Hall–Kier alpha value is -1.53. The summed E-state index contributed by atoms with van der Waals surface area (Å²) in [5.74, 6) is -0.117. The molecule has 112 valence electrons. The molecule has 0 saturated carbocycles. The molecule has 5 nitrogen and oxygen atoms in total. The van der Waals surface area contributed by atoms with E-state index in [0.717, 1.165) is 11.4 Å². The summed E-state index contributed by atoms with van der Waals surface area (Å²) in [7, 11) is 0. The minimum absolute atomic E-state index is 0.0308. The number of rotatable bonds is 6. The highest BCUT2D eigenvalue weighted by atomic mass is 35.5. The number of aromatic nitrogens is 3. The lowest BCUT2D eigenvalue weighted by molar-refractivity contribution is -0.133. The summed E-state index contributed by atoms with van der Waals surface area (Å²) < 4.78 is 1.96. The van der Waals surface area contributed by atoms with Crippen molar-refractivity contribution in [3.63, 3.8) is 0 Å². The summed E-state index contributed by atoms with van der Waals surface area (Å²) in [5.41, 5.74) is 0.975. The maximum atomic E-state index is 10.7. The van der Waals surface area contributed by atoms with Crippen molar-refractivity contribution in [1.82, 2.24) is 14.8 Å². The second-order valence-electron chi connectivity index (χ2n) is 4.81. The van der Waals surface area contributed by atoms with Crippen LogP contribution in [0.15, 0.2) is 29.4 Å². The van der Waals surface area contributed by atoms with E-state index in [1.54, 1.807) is 0 Å². The van der Waals surface area contributed by atoms with Gasteiger partial charge in [0.15, 0.2) is 5.16 Å². The van der Waals surface area contributed by atoms with Gasteiger partial charge in [0.2, 0.25) is 0 Å². The van der Waals surface area contributed by atoms with Crippen LogP contribution >= 0.6 is 23.4 Å². The Kier molecular flexibility index (Phi) is 5.25. The van der Waals surface area contributed by atoms with Crippen molar-refractivity contribution in [2.75, 3.05) is 5.75 Å². The normalized spacial score (nSPS) is 11.0. The molecule has 0 radical (unpaired) electrons. The van der Waals surface area contributed by atoms with Crippen molar-refractivity contribution < 1.29 is 9.90 Å². The molecule has 1 N–H and O–H groups in total. The van der Waals surface area contributed by atoms with E-state index in [-0.39, 0.29) is 11.8 Å². The molecule has 2 rings (SSSR count). The van der Waals surface area contributed by atoms with Gasteiger partial charge < -0.3 is 9.67 Å². The molecule has 0 aliphatic rings. The first-order valence-electron chi connectivity index (χ1n) is 6.50. The Bertz CT molecular complexity index is 643. The first-order valence-corrected chi connectivity index (χ1v) is 7.87. The molecule has 1 aromatic carbocycles. The van der Waals surface area contributed by atoms with Crippen molar-refractivity contribution in [3.05, 3.63) is 40.7 Å². The van der Waals surface area contributed by atoms with Crippen LogP contribution in [0.4, 0.5) is 0 Å². The van der Waals surface area contributed by atoms with E-state index >= 15 is 0 Å². The number of hydrogen-bond donors (Lipinski definition) is 1. The highest BCUT2D eigenvalue weighted by Crippen LogP contribution is 2.24. The first kappa shape index (κ1) is 15.9. The molecule has 0 spiro atoms. The molecule has 0 saturated heterocycles. The highest BCUT2D eigenvalue weighted by molar-refractivity contribution is 7.99. The fraction of sp³-hybridized carbons (Fsp3) is 0.357. The molecule has 1 aromatic heterocycles. The lowest BCUT2D eigenvalue weighted by Crippen LogP contribution is -2.09. The standard InChI is InChI=1S/C14H16ClN3O2S/c1-9(2)18-12(7-10-5-3-4-6-11(10)15)16-17-14(18)21-8-13(19)20/h3-6,9H,7-8H2,1-2H3,(H,19,20). The molecule has 0 amide bonds. The average molecular weight is 326 g/mol. The molecule has 0 unspecified atom stereocenters. The van der Waals surface area contributed by atoms with Gasteiger partial charge in [-0.3, -0.25) is 4.79 Å². The van der Waals surface area contributed by atoms with Crippen molar-refractivity contribution in [2.45, 2.75) is 31.5 Å². The van der Waals surface area contributed by atoms with Crippen LogP contribution in [-0.2, 0) is 11.2 Å². The molecular weight excluding hydrogens is 310 g/mol. The Labute approximate surface area is 132 Å². The third-order valence-corrected chi connectivity index (χ3v) is 4.18. The number of halogens is 1. The molecule has 0 bridgehead atoms. The third-order valence-electron chi connectivity index (χ3n) is 2.88. The van der Waals surface area contributed by atoms with Gasteiger partial charge in [-0.15, -0.1) is 10.2 Å². The average Bonchev–Trinajstić information content (AvgIpc) is 2.82. The van der Waals surface area contributed by atoms with Crippen molar-refractivity contribution in [2.24, 2.45) is 0 Å². The Balaban J connectivity index is 2.27. The van der Waals surface area contributed by atoms with Crippen LogP contribution < -0.4 is 0 Å². The van der Waals surface area contributed by atoms with Gasteiger partial charge in [-0.2, -0.15) is 0 Å². The molecule has 0 fully saturated rings. The van der Waals surface area contributed by atoms with Gasteiger partial charge in [0.25, 0.3) is 0 Å². The van der Waals surface area contributed by atoms with E-state index in [0.29, 0.717) is 16.6 Å². The SMILES string of the molecule is CC(C)n1c(Cc2ccccc2Cl)nnc1SCC(=O)O. The molecule has 2 aromatic rings. The number of aliphatic carboxylic acids is 1. The lowest BCUT2D eigenvalue weighted by atomic mass is 10.1. The van der Waals surface area contributed by atoms with Crippen LogP contribution in [0.3, 0.4) is 0 Å². The van der Waals surface area contributed by atoms with Crippen LogP contribution in [0.2, 0.25) is 5.02 Å². The van der Waals surface area contributed by atoms with Crippen LogP contribution in [0.25, 0.3) is 0 Å². The summed E-state index contributed by atoms with van der Waals surface area (Å²) in [6, 6.07) is 7.75. The molecule has 0 aliphatic carbocycles. The van der Waals surface area contributed by atoms with E-state index < -0.39 is 5.97 Å². The number of thioether (sulfide) groups is 1. The van der Waals surface area contributed by atoms with Gasteiger partial charge in [0.1, 0.15) is 5.82 Å². The van der Waals surface area contributed by atoms with Crippen molar-refractivity contribution in [1.29, 1.82) is 0 Å². The number of hydrogen-bond acceptors (Lipinski definition) is 4. The molecule has 1 heterocycles. The lowest BCUT2D eigenvalue weighted by Gasteiger charge is -2.13. The van der Waals surface area contributed by atoms with Crippen LogP contribution in [0.5, 0.6) is 0 Å². The van der Waals surface area contributed by atoms with E-state index in [4.69, 9.17) is 16.7 Å². The second kappa shape index (κ2) is 6.95. The number of carbonyl (C=O) groups is 1. The first-order chi connectivity index (χ1) is 9.99. The predicted octanol–water partition coefficient (Wildman–Crippen LogP) is 3.28. The van der Waals surface area contributed by atoms with Gasteiger partial charge >= 0.3 is 5.97 Å². The number of nitrogens with zero attached hydrogens (tertiary/aromatic N) is 3. The molecule has 7 heteroatoms. The minimum atomic E-state index is -0.869. The van der Waals surface area contributed by atoms with Gasteiger partial charge in [-0.25, -0.2) is 0 Å². The van der Waals surface area contributed by atoms with Crippen molar-refractivity contribution in [3.8, 4) is 0 Å². The molecular formula is C14H16ClN3O2S. The molecule has 0 atom stereocenters. The zero-order chi connectivity index (χ0) is 15.4. The zero-order valence-corrected chi connectivity index (χ0v) is 13.4. The van der Waals surface area contributed by atoms with Crippen LogP contribution in [0.1, 0.15) is 31.3 Å². The quantitative estimate of drug-likeness (QED) is 0.825. The number of carboxylic acids is 1. The van der Waals surface area contributed by atoms with E-state index in [9.17, 15) is 4.79 Å². The van der Waals surface area contributed by atoms with Gasteiger partial charge in [0.05, 0.1) is 5.75 Å². The fourth-order valence-corrected chi connectivity index (χ4v) is 2.99. The number of carboxylic acid groups (broad SMARTS) is 1. The zero-order valence-electron chi connectivity index (χ0n) is 11.8.